The number of nitrogens with zero attached hydrogens (tertiary/aromatic N) is 1. The highest BCUT2D eigenvalue weighted by Crippen LogP contribution is 2.35. The standard InChI is InChI=1S/C21H32N2O4/c1-17-4-3-9-21(16-17,25-2)20(24)22-18-5-7-19(8-6-18)27-15-12-23-10-13-26-14-11-23/h5-8,17H,3-4,9-16H2,1-2H3,(H,22,24)/t17-,21-/m1/s1. The van der Waals surface area contributed by atoms with Crippen LogP contribution in [0.1, 0.15) is 32.6 Å². The first-order chi connectivity index (χ1) is 13.1. The summed E-state index contributed by atoms with van der Waals surface area (Å²) in [5.41, 5.74) is 0.0699. The van der Waals surface area contributed by atoms with Gasteiger partial charge >= 0.3 is 0 Å². The highest BCUT2D eigenvalue weighted by atomic mass is 16.5. The van der Waals surface area contributed by atoms with E-state index in [0.29, 0.717) is 12.5 Å². The Balaban J connectivity index is 1.48. The van der Waals surface area contributed by atoms with Crippen molar-refractivity contribution >= 4 is 11.6 Å². The van der Waals surface area contributed by atoms with Crippen LogP contribution >= 0.6 is 0 Å². The van der Waals surface area contributed by atoms with Gasteiger partial charge in [0.2, 0.25) is 0 Å². The van der Waals surface area contributed by atoms with Crippen molar-refractivity contribution in [3.05, 3.63) is 24.3 Å². The number of benzene rings is 1. The van der Waals surface area contributed by atoms with Gasteiger partial charge < -0.3 is 19.5 Å². The van der Waals surface area contributed by atoms with Crippen LogP contribution in [0.5, 0.6) is 5.75 Å². The van der Waals surface area contributed by atoms with Crippen LogP contribution in [0.15, 0.2) is 24.3 Å². The number of nitrogens with one attached hydrogen (secondary N) is 1. The predicted octanol–water partition coefficient (Wildman–Crippen LogP) is 2.93. The van der Waals surface area contributed by atoms with Gasteiger partial charge in [0.25, 0.3) is 5.91 Å². The van der Waals surface area contributed by atoms with Crippen LogP contribution in [0.25, 0.3) is 0 Å². The number of anilines is 1. The monoisotopic (exact) mass is 376 g/mol. The van der Waals surface area contributed by atoms with Gasteiger partial charge in [-0.1, -0.05) is 13.3 Å². The maximum absolute atomic E-state index is 12.8. The summed E-state index contributed by atoms with van der Waals surface area (Å²) in [5, 5.41) is 3.02. The van der Waals surface area contributed by atoms with E-state index >= 15 is 0 Å². The molecule has 150 valence electrons. The number of rotatable bonds is 7. The molecule has 0 spiro atoms. The molecule has 0 radical (unpaired) electrons. The second kappa shape index (κ2) is 9.53. The van der Waals surface area contributed by atoms with Crippen molar-refractivity contribution in [2.24, 2.45) is 5.92 Å². The second-order valence-corrected chi connectivity index (χ2v) is 7.68. The highest BCUT2D eigenvalue weighted by Gasteiger charge is 2.41. The molecule has 1 amide bonds. The van der Waals surface area contributed by atoms with E-state index < -0.39 is 5.60 Å². The molecule has 2 atom stereocenters. The van der Waals surface area contributed by atoms with Gasteiger partial charge in [-0.3, -0.25) is 9.69 Å². The van der Waals surface area contributed by atoms with Gasteiger partial charge in [-0.15, -0.1) is 0 Å². The van der Waals surface area contributed by atoms with E-state index in [1.54, 1.807) is 7.11 Å². The van der Waals surface area contributed by atoms with Crippen LogP contribution < -0.4 is 10.1 Å². The lowest BCUT2D eigenvalue weighted by Gasteiger charge is -2.37. The van der Waals surface area contributed by atoms with Crippen molar-refractivity contribution in [3.63, 3.8) is 0 Å². The number of ether oxygens (including phenoxy) is 3. The van der Waals surface area contributed by atoms with Crippen LogP contribution in [0, 0.1) is 5.92 Å². The lowest BCUT2D eigenvalue weighted by Crippen LogP contribution is -2.47. The number of morpholine rings is 1. The molecule has 2 aliphatic rings. The Morgan fingerprint density at radius 3 is 2.70 bits per heavy atom. The molecule has 1 aliphatic carbocycles. The van der Waals surface area contributed by atoms with Crippen LogP contribution in [-0.4, -0.2) is 63.0 Å². The van der Waals surface area contributed by atoms with Crippen LogP contribution in [0.3, 0.4) is 0 Å². The fourth-order valence-corrected chi connectivity index (χ4v) is 3.98. The maximum atomic E-state index is 12.8. The first kappa shape index (κ1) is 20.1. The van der Waals surface area contributed by atoms with Crippen LogP contribution in [0.2, 0.25) is 0 Å². The molecule has 1 aromatic carbocycles. The van der Waals surface area contributed by atoms with Crippen molar-refractivity contribution in [1.82, 2.24) is 4.90 Å². The molecule has 1 aromatic rings. The summed E-state index contributed by atoms with van der Waals surface area (Å²) in [6.45, 7) is 7.27. The Morgan fingerprint density at radius 1 is 1.30 bits per heavy atom. The van der Waals surface area contributed by atoms with Gasteiger partial charge in [-0.2, -0.15) is 0 Å². The van der Waals surface area contributed by atoms with Crippen molar-refractivity contribution in [2.75, 3.05) is 51.9 Å². The van der Waals surface area contributed by atoms with E-state index in [2.05, 4.69) is 17.1 Å². The molecule has 6 nitrogen and oxygen atoms in total. The van der Waals surface area contributed by atoms with Crippen molar-refractivity contribution in [3.8, 4) is 5.75 Å². The molecular weight excluding hydrogens is 344 g/mol. The van der Waals surface area contributed by atoms with Crippen LogP contribution in [-0.2, 0) is 14.3 Å². The molecule has 1 saturated carbocycles. The van der Waals surface area contributed by atoms with Gasteiger partial charge in [0.15, 0.2) is 0 Å². The predicted molar refractivity (Wildman–Crippen MR) is 105 cm³/mol. The number of methoxy groups -OCH3 is 1. The topological polar surface area (TPSA) is 60.0 Å². The SMILES string of the molecule is CO[C@]1(C(=O)Nc2ccc(OCCN3CCOCC3)cc2)CCC[C@@H](C)C1. The summed E-state index contributed by atoms with van der Waals surface area (Å²) in [6, 6.07) is 7.57. The van der Waals surface area contributed by atoms with Gasteiger partial charge in [0.05, 0.1) is 13.2 Å². The van der Waals surface area contributed by atoms with E-state index in [-0.39, 0.29) is 5.91 Å². The lowest BCUT2D eigenvalue weighted by atomic mass is 9.78. The molecule has 3 rings (SSSR count). The zero-order valence-electron chi connectivity index (χ0n) is 16.5. The average Bonchev–Trinajstić information content (AvgIpc) is 2.70. The minimum atomic E-state index is -0.703. The maximum Gasteiger partial charge on any atom is 0.256 e. The molecule has 1 N–H and O–H groups in total. The quantitative estimate of drug-likeness (QED) is 0.793. The fourth-order valence-electron chi connectivity index (χ4n) is 3.98. The van der Waals surface area contributed by atoms with Crippen LogP contribution in [0.4, 0.5) is 5.69 Å². The smallest absolute Gasteiger partial charge is 0.256 e. The first-order valence-corrected chi connectivity index (χ1v) is 10.0. The summed E-state index contributed by atoms with van der Waals surface area (Å²) in [6.07, 6.45) is 3.74. The second-order valence-electron chi connectivity index (χ2n) is 7.68. The number of hydrogen-bond acceptors (Lipinski definition) is 5. The molecule has 27 heavy (non-hydrogen) atoms. The molecule has 1 aliphatic heterocycles. The third-order valence-electron chi connectivity index (χ3n) is 5.65. The van der Waals surface area contributed by atoms with Gasteiger partial charge in [0, 0.05) is 32.4 Å². The molecule has 6 heteroatoms. The van der Waals surface area contributed by atoms with E-state index in [1.807, 2.05) is 24.3 Å². The van der Waals surface area contributed by atoms with Gasteiger partial charge in [-0.05, 0) is 49.4 Å². The first-order valence-electron chi connectivity index (χ1n) is 10.0. The lowest BCUT2D eigenvalue weighted by molar-refractivity contribution is -0.143. The highest BCUT2D eigenvalue weighted by molar-refractivity contribution is 5.97. The number of carbonyl (C=O) groups is 1. The van der Waals surface area contributed by atoms with E-state index in [0.717, 1.165) is 70.0 Å². The minimum Gasteiger partial charge on any atom is -0.492 e. The van der Waals surface area contributed by atoms with Gasteiger partial charge in [-0.25, -0.2) is 0 Å². The molecule has 2 fully saturated rings. The number of hydrogen-bond donors (Lipinski definition) is 1. The largest absolute Gasteiger partial charge is 0.492 e. The molecule has 1 heterocycles. The summed E-state index contributed by atoms with van der Waals surface area (Å²) in [7, 11) is 1.64. The zero-order chi connectivity index (χ0) is 19.1. The number of amides is 1. The normalized spacial score (nSPS) is 26.5. The van der Waals surface area contributed by atoms with Crippen molar-refractivity contribution in [1.29, 1.82) is 0 Å². The van der Waals surface area contributed by atoms with Crippen molar-refractivity contribution < 1.29 is 19.0 Å². The molecule has 1 saturated heterocycles. The Kier molecular flexibility index (Phi) is 7.10. The minimum absolute atomic E-state index is 0.0439. The zero-order valence-corrected chi connectivity index (χ0v) is 16.5. The van der Waals surface area contributed by atoms with Crippen molar-refractivity contribution in [2.45, 2.75) is 38.2 Å². The average molecular weight is 376 g/mol. The Bertz CT molecular complexity index is 601. The molecule has 0 unspecified atom stereocenters. The Hall–Kier alpha value is -1.63. The summed E-state index contributed by atoms with van der Waals surface area (Å²) in [5.74, 6) is 1.28. The number of carbonyl (C=O) groups excluding carboxylic acids is 1. The summed E-state index contributed by atoms with van der Waals surface area (Å²) >= 11 is 0. The fraction of sp³-hybridized carbons (Fsp3) is 0.667. The summed E-state index contributed by atoms with van der Waals surface area (Å²) < 4.78 is 16.8. The molecule has 0 aromatic heterocycles. The third kappa shape index (κ3) is 5.43. The van der Waals surface area contributed by atoms with E-state index in [1.165, 1.54) is 0 Å². The molecule has 0 bridgehead atoms. The Morgan fingerprint density at radius 2 is 2.04 bits per heavy atom. The van der Waals surface area contributed by atoms with Gasteiger partial charge in [0.1, 0.15) is 18.0 Å². The van der Waals surface area contributed by atoms with E-state index in [9.17, 15) is 4.79 Å². The van der Waals surface area contributed by atoms with E-state index in [4.69, 9.17) is 14.2 Å². The third-order valence-corrected chi connectivity index (χ3v) is 5.65. The molecular formula is C21H32N2O4. The Labute approximate surface area is 162 Å². The summed E-state index contributed by atoms with van der Waals surface area (Å²) in [4.78, 5) is 15.2.